The molecule has 0 saturated heterocycles. The Morgan fingerprint density at radius 3 is 2.52 bits per heavy atom. The molecule has 2 heterocycles. The van der Waals surface area contributed by atoms with Gasteiger partial charge in [0.1, 0.15) is 11.1 Å². The molecule has 4 nitrogen and oxygen atoms in total. The average molecular weight is 379 g/mol. The van der Waals surface area contributed by atoms with E-state index in [4.69, 9.17) is 4.98 Å². The largest absolute Gasteiger partial charge is 0.272 e. The van der Waals surface area contributed by atoms with E-state index >= 15 is 0 Å². The van der Waals surface area contributed by atoms with Crippen LogP contribution in [0.4, 0.5) is 0 Å². The van der Waals surface area contributed by atoms with Gasteiger partial charge in [-0.3, -0.25) is 4.68 Å². The molecule has 27 heavy (non-hydrogen) atoms. The summed E-state index contributed by atoms with van der Waals surface area (Å²) in [6.45, 7) is 4.95. The fraction of sp³-hybridized carbons (Fsp3) is 0.591. The Balaban J connectivity index is 1.47. The van der Waals surface area contributed by atoms with E-state index in [2.05, 4.69) is 23.5 Å². The summed E-state index contributed by atoms with van der Waals surface area (Å²) in [5.74, 6) is 2.73. The first-order chi connectivity index (χ1) is 13.1. The van der Waals surface area contributed by atoms with Crippen LogP contribution in [-0.2, 0) is 12.0 Å². The first kappa shape index (κ1) is 17.2. The highest BCUT2D eigenvalue weighted by atomic mass is 32.1. The Kier molecular flexibility index (Phi) is 4.01. The van der Waals surface area contributed by atoms with Crippen LogP contribution in [0.1, 0.15) is 67.4 Å². The average Bonchev–Trinajstić information content (AvgIpc) is 3.26. The van der Waals surface area contributed by atoms with E-state index in [1.54, 1.807) is 11.3 Å². The van der Waals surface area contributed by atoms with Gasteiger partial charge in [-0.1, -0.05) is 0 Å². The number of nitrogens with zero attached hydrogens (tertiary/aromatic N) is 4. The lowest BCUT2D eigenvalue weighted by Crippen LogP contribution is -2.48. The van der Waals surface area contributed by atoms with E-state index < -0.39 is 0 Å². The molecule has 4 aliphatic carbocycles. The summed E-state index contributed by atoms with van der Waals surface area (Å²) in [5, 5.41) is 17.4. The second kappa shape index (κ2) is 6.31. The highest BCUT2D eigenvalue weighted by Gasteiger charge is 2.52. The van der Waals surface area contributed by atoms with Gasteiger partial charge in [0.05, 0.1) is 17.0 Å². The van der Waals surface area contributed by atoms with Crippen LogP contribution >= 0.6 is 11.3 Å². The molecular formula is C22H26N4S. The fourth-order valence-corrected chi connectivity index (χ4v) is 7.09. The molecule has 0 amide bonds. The molecule has 4 bridgehead atoms. The van der Waals surface area contributed by atoms with Crippen molar-refractivity contribution in [1.29, 1.82) is 5.26 Å². The molecule has 4 fully saturated rings. The van der Waals surface area contributed by atoms with Gasteiger partial charge in [0, 0.05) is 23.5 Å². The molecule has 0 atom stereocenters. The predicted octanol–water partition coefficient (Wildman–Crippen LogP) is 5.20. The molecule has 6 rings (SSSR count). The molecule has 2 aromatic heterocycles. The molecule has 0 aliphatic heterocycles. The Morgan fingerprint density at radius 1 is 1.30 bits per heavy atom. The molecule has 4 saturated carbocycles. The maximum absolute atomic E-state index is 9.75. The van der Waals surface area contributed by atoms with E-state index in [9.17, 15) is 5.26 Å². The van der Waals surface area contributed by atoms with Crippen LogP contribution in [0.5, 0.6) is 0 Å². The van der Waals surface area contributed by atoms with E-state index in [0.29, 0.717) is 11.0 Å². The number of hydrogen-bond donors (Lipinski definition) is 0. The van der Waals surface area contributed by atoms with Crippen molar-refractivity contribution in [3.63, 3.8) is 0 Å². The maximum Gasteiger partial charge on any atom is 0.134 e. The number of aromatic nitrogens is 3. The number of aryl methyl sites for hydroxylation is 2. The second-order valence-corrected chi connectivity index (χ2v) is 9.82. The molecule has 2 aromatic rings. The van der Waals surface area contributed by atoms with Gasteiger partial charge in [-0.15, -0.1) is 11.3 Å². The van der Waals surface area contributed by atoms with Gasteiger partial charge in [0.15, 0.2) is 0 Å². The lowest BCUT2D eigenvalue weighted by Gasteiger charge is -2.56. The number of allylic oxidation sites excluding steroid dienone is 1. The molecule has 0 N–H and O–H groups in total. The third kappa shape index (κ3) is 2.86. The number of rotatable bonds is 4. The SMILES string of the molecule is CCn1cc(C)c(/C=C(\C#N)c2nc(C34CC5CC(CC(C5)C3)C4)cs2)n1. The van der Waals surface area contributed by atoms with E-state index in [-0.39, 0.29) is 0 Å². The van der Waals surface area contributed by atoms with Crippen molar-refractivity contribution < 1.29 is 0 Å². The van der Waals surface area contributed by atoms with Gasteiger partial charge in [0.25, 0.3) is 0 Å². The third-order valence-electron chi connectivity index (χ3n) is 7.02. The van der Waals surface area contributed by atoms with Gasteiger partial charge < -0.3 is 0 Å². The Labute approximate surface area is 164 Å². The van der Waals surface area contributed by atoms with Crippen LogP contribution in [0.25, 0.3) is 11.6 Å². The quantitative estimate of drug-likeness (QED) is 0.687. The number of nitriles is 1. The number of thiazole rings is 1. The number of hydrogen-bond acceptors (Lipinski definition) is 4. The molecule has 0 spiro atoms. The third-order valence-corrected chi connectivity index (χ3v) is 7.90. The van der Waals surface area contributed by atoms with Crippen molar-refractivity contribution in [2.45, 2.75) is 64.3 Å². The van der Waals surface area contributed by atoms with Gasteiger partial charge in [0.2, 0.25) is 0 Å². The van der Waals surface area contributed by atoms with Crippen molar-refractivity contribution in [2.24, 2.45) is 17.8 Å². The van der Waals surface area contributed by atoms with Gasteiger partial charge >= 0.3 is 0 Å². The van der Waals surface area contributed by atoms with Crippen LogP contribution in [0.2, 0.25) is 0 Å². The van der Waals surface area contributed by atoms with Crippen molar-refractivity contribution >= 4 is 23.0 Å². The molecule has 0 radical (unpaired) electrons. The first-order valence-electron chi connectivity index (χ1n) is 10.2. The van der Waals surface area contributed by atoms with Crippen LogP contribution in [0, 0.1) is 36.0 Å². The standard InChI is InChI=1S/C22H26N4S/c1-3-26-12-14(2)19(25-26)7-18(11-23)21-24-20(13-27-21)22-8-15-4-16(9-22)6-17(5-15)10-22/h7,12-13,15-17H,3-6,8-10H2,1-2H3/b18-7+. The van der Waals surface area contributed by atoms with Crippen LogP contribution < -0.4 is 0 Å². The molecular weight excluding hydrogens is 352 g/mol. The van der Waals surface area contributed by atoms with E-state index in [1.807, 2.05) is 23.9 Å². The summed E-state index contributed by atoms with van der Waals surface area (Å²) in [7, 11) is 0. The minimum absolute atomic E-state index is 0.295. The molecule has 0 aromatic carbocycles. The second-order valence-electron chi connectivity index (χ2n) is 8.96. The van der Waals surface area contributed by atoms with E-state index in [0.717, 1.165) is 40.6 Å². The van der Waals surface area contributed by atoms with Crippen LogP contribution in [-0.4, -0.2) is 14.8 Å². The van der Waals surface area contributed by atoms with Gasteiger partial charge in [-0.25, -0.2) is 4.98 Å². The fourth-order valence-electron chi connectivity index (χ4n) is 6.18. The van der Waals surface area contributed by atoms with Gasteiger partial charge in [-0.05, 0) is 81.8 Å². The molecule has 4 aliphatic rings. The Morgan fingerprint density at radius 2 is 1.96 bits per heavy atom. The lowest BCUT2D eigenvalue weighted by molar-refractivity contribution is -0.00694. The molecule has 5 heteroatoms. The first-order valence-corrected chi connectivity index (χ1v) is 11.1. The Hall–Kier alpha value is -1.93. The zero-order chi connectivity index (χ0) is 18.6. The van der Waals surface area contributed by atoms with Crippen LogP contribution in [0.15, 0.2) is 11.6 Å². The molecule has 140 valence electrons. The van der Waals surface area contributed by atoms with Crippen LogP contribution in [0.3, 0.4) is 0 Å². The van der Waals surface area contributed by atoms with Crippen molar-refractivity contribution in [2.75, 3.05) is 0 Å². The van der Waals surface area contributed by atoms with Crippen molar-refractivity contribution in [3.05, 3.63) is 33.5 Å². The van der Waals surface area contributed by atoms with Crippen molar-refractivity contribution in [1.82, 2.24) is 14.8 Å². The summed E-state index contributed by atoms with van der Waals surface area (Å²) in [6, 6.07) is 2.37. The van der Waals surface area contributed by atoms with Crippen molar-refractivity contribution in [3.8, 4) is 6.07 Å². The summed E-state index contributed by atoms with van der Waals surface area (Å²) < 4.78 is 1.92. The zero-order valence-corrected chi connectivity index (χ0v) is 16.9. The molecule has 0 unspecified atom stereocenters. The zero-order valence-electron chi connectivity index (χ0n) is 16.1. The summed E-state index contributed by atoms with van der Waals surface area (Å²) >= 11 is 1.63. The normalized spacial score (nSPS) is 32.0. The summed E-state index contributed by atoms with van der Waals surface area (Å²) in [6.07, 6.45) is 12.2. The highest BCUT2D eigenvalue weighted by Crippen LogP contribution is 2.60. The summed E-state index contributed by atoms with van der Waals surface area (Å²) in [4.78, 5) is 5.02. The maximum atomic E-state index is 9.75. The highest BCUT2D eigenvalue weighted by molar-refractivity contribution is 7.11. The van der Waals surface area contributed by atoms with E-state index in [1.165, 1.54) is 44.2 Å². The monoisotopic (exact) mass is 378 g/mol. The summed E-state index contributed by atoms with van der Waals surface area (Å²) in [5.41, 5.74) is 4.17. The topological polar surface area (TPSA) is 54.5 Å². The predicted molar refractivity (Wildman–Crippen MR) is 108 cm³/mol. The lowest BCUT2D eigenvalue weighted by atomic mass is 9.49. The minimum atomic E-state index is 0.295. The smallest absolute Gasteiger partial charge is 0.134 e. The van der Waals surface area contributed by atoms with Gasteiger partial charge in [-0.2, -0.15) is 10.4 Å². The Bertz CT molecular complexity index is 907. The minimum Gasteiger partial charge on any atom is -0.272 e.